The average molecular weight is 403 g/mol. The van der Waals surface area contributed by atoms with Crippen LogP contribution in [0.1, 0.15) is 37.7 Å². The molecule has 0 aliphatic heterocycles. The molecule has 0 amide bonds. The highest BCUT2D eigenvalue weighted by Crippen LogP contribution is 2.18. The predicted octanol–water partition coefficient (Wildman–Crippen LogP) is 3.31. The van der Waals surface area contributed by atoms with Gasteiger partial charge in [0.25, 0.3) is 0 Å². The second-order valence-electron chi connectivity index (χ2n) is 5.22. The molecule has 0 bridgehead atoms. The van der Waals surface area contributed by atoms with Gasteiger partial charge in [0.05, 0.1) is 7.11 Å². The third kappa shape index (κ3) is 5.73. The smallest absolute Gasteiger partial charge is 0.191 e. The molecule has 0 heterocycles. The molecule has 4 nitrogen and oxygen atoms in total. The molecule has 118 valence electrons. The standard InChI is InChI=1S/C16H25N3O.HI/c1-17-16(19-14-9-4-3-5-10-14)18-12-13-8-6-7-11-15(13)20-2;/h6-8,11,14H,3-5,9-10,12H2,1-2H3,(H2,17,18,19);1H. The van der Waals surface area contributed by atoms with Gasteiger partial charge in [-0.05, 0) is 18.9 Å². The van der Waals surface area contributed by atoms with Crippen molar-refractivity contribution in [3.05, 3.63) is 29.8 Å². The number of nitrogens with zero attached hydrogens (tertiary/aromatic N) is 1. The Hall–Kier alpha value is -0.980. The second kappa shape index (κ2) is 9.87. The highest BCUT2D eigenvalue weighted by Gasteiger charge is 2.14. The maximum Gasteiger partial charge on any atom is 0.191 e. The van der Waals surface area contributed by atoms with Crippen LogP contribution < -0.4 is 15.4 Å². The van der Waals surface area contributed by atoms with Crippen LogP contribution in [0.25, 0.3) is 0 Å². The molecule has 0 saturated heterocycles. The third-order valence-electron chi connectivity index (χ3n) is 3.81. The van der Waals surface area contributed by atoms with Gasteiger partial charge in [-0.25, -0.2) is 0 Å². The molecule has 1 aromatic rings. The molecule has 0 unspecified atom stereocenters. The summed E-state index contributed by atoms with van der Waals surface area (Å²) in [5.74, 6) is 1.79. The Balaban J connectivity index is 0.00000220. The quantitative estimate of drug-likeness (QED) is 0.461. The van der Waals surface area contributed by atoms with Crippen LogP contribution in [0.15, 0.2) is 29.3 Å². The number of nitrogens with one attached hydrogen (secondary N) is 2. The summed E-state index contributed by atoms with van der Waals surface area (Å²) in [5.41, 5.74) is 1.14. The maximum absolute atomic E-state index is 5.36. The minimum Gasteiger partial charge on any atom is -0.496 e. The van der Waals surface area contributed by atoms with Crippen molar-refractivity contribution >= 4 is 29.9 Å². The summed E-state index contributed by atoms with van der Waals surface area (Å²) in [5, 5.41) is 6.88. The number of aliphatic imine (C=N–C) groups is 1. The highest BCUT2D eigenvalue weighted by atomic mass is 127. The van der Waals surface area contributed by atoms with Crippen LogP contribution >= 0.6 is 24.0 Å². The van der Waals surface area contributed by atoms with E-state index >= 15 is 0 Å². The monoisotopic (exact) mass is 403 g/mol. The van der Waals surface area contributed by atoms with Gasteiger partial charge in [-0.15, -0.1) is 24.0 Å². The van der Waals surface area contributed by atoms with E-state index in [9.17, 15) is 0 Å². The number of benzene rings is 1. The summed E-state index contributed by atoms with van der Waals surface area (Å²) in [6.07, 6.45) is 6.50. The van der Waals surface area contributed by atoms with E-state index < -0.39 is 0 Å². The van der Waals surface area contributed by atoms with Gasteiger partial charge in [-0.1, -0.05) is 37.5 Å². The second-order valence-corrected chi connectivity index (χ2v) is 5.22. The fraction of sp³-hybridized carbons (Fsp3) is 0.562. The SMILES string of the molecule is CN=C(NCc1ccccc1OC)NC1CCCCC1.I. The van der Waals surface area contributed by atoms with Gasteiger partial charge < -0.3 is 15.4 Å². The van der Waals surface area contributed by atoms with Gasteiger partial charge in [0.2, 0.25) is 0 Å². The molecule has 1 aliphatic carbocycles. The normalized spacial score (nSPS) is 16.0. The molecule has 1 aromatic carbocycles. The van der Waals surface area contributed by atoms with Gasteiger partial charge >= 0.3 is 0 Å². The van der Waals surface area contributed by atoms with Crippen LogP contribution in [0.3, 0.4) is 0 Å². The Morgan fingerprint density at radius 1 is 1.24 bits per heavy atom. The first-order chi connectivity index (χ1) is 9.83. The first-order valence-corrected chi connectivity index (χ1v) is 7.42. The molecule has 2 rings (SSSR count). The molecule has 0 radical (unpaired) electrons. The largest absolute Gasteiger partial charge is 0.496 e. The summed E-state index contributed by atoms with van der Waals surface area (Å²) in [4.78, 5) is 4.31. The number of methoxy groups -OCH3 is 1. The van der Waals surface area contributed by atoms with Crippen molar-refractivity contribution in [2.24, 2.45) is 4.99 Å². The van der Waals surface area contributed by atoms with E-state index in [1.165, 1.54) is 32.1 Å². The summed E-state index contributed by atoms with van der Waals surface area (Å²) >= 11 is 0. The van der Waals surface area contributed by atoms with Crippen molar-refractivity contribution in [3.8, 4) is 5.75 Å². The van der Waals surface area contributed by atoms with Crippen LogP contribution in [0.5, 0.6) is 5.75 Å². The lowest BCUT2D eigenvalue weighted by Crippen LogP contribution is -2.43. The molecule has 0 atom stereocenters. The van der Waals surface area contributed by atoms with Crippen molar-refractivity contribution in [3.63, 3.8) is 0 Å². The number of ether oxygens (including phenoxy) is 1. The van der Waals surface area contributed by atoms with E-state index in [2.05, 4.69) is 21.7 Å². The highest BCUT2D eigenvalue weighted by molar-refractivity contribution is 14.0. The lowest BCUT2D eigenvalue weighted by atomic mass is 9.96. The number of para-hydroxylation sites is 1. The van der Waals surface area contributed by atoms with Crippen LogP contribution in [0.2, 0.25) is 0 Å². The molecular weight excluding hydrogens is 377 g/mol. The van der Waals surface area contributed by atoms with E-state index in [4.69, 9.17) is 4.74 Å². The molecule has 0 spiro atoms. The Kier molecular flexibility index (Phi) is 8.49. The first kappa shape index (κ1) is 18.1. The fourth-order valence-electron chi connectivity index (χ4n) is 2.66. The number of halogens is 1. The topological polar surface area (TPSA) is 45.7 Å². The van der Waals surface area contributed by atoms with E-state index in [-0.39, 0.29) is 24.0 Å². The number of hydrogen-bond acceptors (Lipinski definition) is 2. The third-order valence-corrected chi connectivity index (χ3v) is 3.81. The van der Waals surface area contributed by atoms with E-state index in [0.717, 1.165) is 23.8 Å². The van der Waals surface area contributed by atoms with Crippen LogP contribution in [0, 0.1) is 0 Å². The molecule has 0 aromatic heterocycles. The van der Waals surface area contributed by atoms with Crippen molar-refractivity contribution in [2.75, 3.05) is 14.2 Å². The Labute approximate surface area is 144 Å². The van der Waals surface area contributed by atoms with Crippen LogP contribution in [-0.4, -0.2) is 26.2 Å². The van der Waals surface area contributed by atoms with E-state index in [1.807, 2.05) is 25.2 Å². The molecule has 1 aliphatic rings. The fourth-order valence-corrected chi connectivity index (χ4v) is 2.66. The van der Waals surface area contributed by atoms with Crippen LogP contribution in [-0.2, 0) is 6.54 Å². The Morgan fingerprint density at radius 3 is 2.62 bits per heavy atom. The Morgan fingerprint density at radius 2 is 1.95 bits per heavy atom. The lowest BCUT2D eigenvalue weighted by Gasteiger charge is -2.25. The summed E-state index contributed by atoms with van der Waals surface area (Å²) in [6, 6.07) is 8.62. The molecule has 1 fully saturated rings. The lowest BCUT2D eigenvalue weighted by molar-refractivity contribution is 0.405. The van der Waals surface area contributed by atoms with Gasteiger partial charge in [0.1, 0.15) is 5.75 Å². The van der Waals surface area contributed by atoms with Gasteiger partial charge in [0, 0.05) is 25.2 Å². The minimum atomic E-state index is 0. The van der Waals surface area contributed by atoms with E-state index in [0.29, 0.717) is 6.04 Å². The van der Waals surface area contributed by atoms with Crippen molar-refractivity contribution in [2.45, 2.75) is 44.7 Å². The van der Waals surface area contributed by atoms with Crippen molar-refractivity contribution in [1.82, 2.24) is 10.6 Å². The van der Waals surface area contributed by atoms with Crippen molar-refractivity contribution in [1.29, 1.82) is 0 Å². The number of guanidine groups is 1. The van der Waals surface area contributed by atoms with E-state index in [1.54, 1.807) is 7.11 Å². The minimum absolute atomic E-state index is 0. The summed E-state index contributed by atoms with van der Waals surface area (Å²) in [7, 11) is 3.52. The molecule has 21 heavy (non-hydrogen) atoms. The van der Waals surface area contributed by atoms with Crippen LogP contribution in [0.4, 0.5) is 0 Å². The predicted molar refractivity (Wildman–Crippen MR) is 98.6 cm³/mol. The zero-order valence-electron chi connectivity index (χ0n) is 12.9. The van der Waals surface area contributed by atoms with Gasteiger partial charge in [0.15, 0.2) is 5.96 Å². The van der Waals surface area contributed by atoms with Gasteiger partial charge in [-0.2, -0.15) is 0 Å². The Bertz CT molecular complexity index is 445. The average Bonchev–Trinajstić information content (AvgIpc) is 2.52. The number of hydrogen-bond donors (Lipinski definition) is 2. The molecular formula is C16H26IN3O. The zero-order chi connectivity index (χ0) is 14.2. The maximum atomic E-state index is 5.36. The number of rotatable bonds is 4. The molecule has 5 heteroatoms. The first-order valence-electron chi connectivity index (χ1n) is 7.42. The van der Waals surface area contributed by atoms with Crippen molar-refractivity contribution < 1.29 is 4.74 Å². The molecule has 1 saturated carbocycles. The van der Waals surface area contributed by atoms with Gasteiger partial charge in [-0.3, -0.25) is 4.99 Å². The summed E-state index contributed by atoms with van der Waals surface area (Å²) < 4.78 is 5.36. The molecule has 2 N–H and O–H groups in total. The zero-order valence-corrected chi connectivity index (χ0v) is 15.2. The summed E-state index contributed by atoms with van der Waals surface area (Å²) in [6.45, 7) is 0.719.